The Hall–Kier alpha value is -1.00. The first-order valence-electron chi connectivity index (χ1n) is 4.90. The molecule has 14 heavy (non-hydrogen) atoms. The second-order valence-corrected chi connectivity index (χ2v) is 4.46. The van der Waals surface area contributed by atoms with Crippen LogP contribution in [-0.4, -0.2) is 0 Å². The van der Waals surface area contributed by atoms with Gasteiger partial charge in [0.2, 0.25) is 0 Å². The molecule has 0 spiro atoms. The van der Waals surface area contributed by atoms with Crippen LogP contribution in [0.4, 0.5) is 0 Å². The highest BCUT2D eigenvalue weighted by atomic mass is 35.5. The third-order valence-electron chi connectivity index (χ3n) is 2.90. The zero-order valence-electron chi connectivity index (χ0n) is 7.96. The van der Waals surface area contributed by atoms with Gasteiger partial charge in [0.15, 0.2) is 0 Å². The van der Waals surface area contributed by atoms with E-state index in [0.717, 1.165) is 30.7 Å². The van der Waals surface area contributed by atoms with Gasteiger partial charge in [-0.1, -0.05) is 23.7 Å². The van der Waals surface area contributed by atoms with Crippen LogP contribution in [0.15, 0.2) is 24.3 Å². The van der Waals surface area contributed by atoms with Gasteiger partial charge in [-0.05, 0) is 43.4 Å². The van der Waals surface area contributed by atoms with Gasteiger partial charge < -0.3 is 0 Å². The van der Waals surface area contributed by atoms with Crippen LogP contribution >= 0.6 is 11.6 Å². The van der Waals surface area contributed by atoms with Crippen LogP contribution < -0.4 is 0 Å². The van der Waals surface area contributed by atoms with E-state index >= 15 is 0 Å². The molecule has 1 aromatic rings. The number of benzene rings is 1. The van der Waals surface area contributed by atoms with Crippen LogP contribution in [0.2, 0.25) is 5.02 Å². The Morgan fingerprint density at radius 1 is 1.29 bits per heavy atom. The maximum Gasteiger partial charge on any atom is 0.0689 e. The summed E-state index contributed by atoms with van der Waals surface area (Å²) in [6.45, 7) is 0. The lowest BCUT2D eigenvalue weighted by molar-refractivity contribution is 0.597. The quantitative estimate of drug-likeness (QED) is 0.740. The SMILES string of the molecule is N#CC1(CCc2ccc(Cl)cc2)CC1. The number of halogens is 1. The molecule has 0 radical (unpaired) electrons. The summed E-state index contributed by atoms with van der Waals surface area (Å²) in [6, 6.07) is 10.3. The molecular formula is C12H12ClN. The van der Waals surface area contributed by atoms with Crippen molar-refractivity contribution in [3.05, 3.63) is 34.9 Å². The lowest BCUT2D eigenvalue weighted by Gasteiger charge is -2.05. The molecule has 0 atom stereocenters. The van der Waals surface area contributed by atoms with E-state index in [1.165, 1.54) is 5.56 Å². The Kier molecular flexibility index (Phi) is 2.48. The third kappa shape index (κ3) is 2.08. The van der Waals surface area contributed by atoms with E-state index in [1.54, 1.807) is 0 Å². The molecule has 0 amide bonds. The van der Waals surface area contributed by atoms with Crippen molar-refractivity contribution in [3.8, 4) is 6.07 Å². The summed E-state index contributed by atoms with van der Waals surface area (Å²) in [4.78, 5) is 0. The van der Waals surface area contributed by atoms with Crippen molar-refractivity contribution >= 4 is 11.6 Å². The van der Waals surface area contributed by atoms with Gasteiger partial charge in [0.1, 0.15) is 0 Å². The molecule has 1 nitrogen and oxygen atoms in total. The summed E-state index contributed by atoms with van der Waals surface area (Å²) in [6.07, 6.45) is 4.14. The summed E-state index contributed by atoms with van der Waals surface area (Å²) in [5, 5.41) is 9.68. The molecule has 1 fully saturated rings. The number of hydrogen-bond donors (Lipinski definition) is 0. The first kappa shape index (κ1) is 9.55. The average molecular weight is 206 g/mol. The second kappa shape index (κ2) is 3.63. The maximum atomic E-state index is 8.91. The summed E-state index contributed by atoms with van der Waals surface area (Å²) in [5.74, 6) is 0. The fraction of sp³-hybridized carbons (Fsp3) is 0.417. The molecule has 2 heteroatoms. The van der Waals surface area contributed by atoms with Crippen LogP contribution in [-0.2, 0) is 6.42 Å². The molecule has 2 rings (SSSR count). The van der Waals surface area contributed by atoms with E-state index < -0.39 is 0 Å². The largest absolute Gasteiger partial charge is 0.198 e. The van der Waals surface area contributed by atoms with Crippen molar-refractivity contribution in [2.75, 3.05) is 0 Å². The van der Waals surface area contributed by atoms with Gasteiger partial charge in [0.05, 0.1) is 11.5 Å². The number of nitrogens with zero attached hydrogens (tertiary/aromatic N) is 1. The number of aryl methyl sites for hydroxylation is 1. The molecule has 0 aromatic heterocycles. The Morgan fingerprint density at radius 2 is 1.93 bits per heavy atom. The predicted molar refractivity (Wildman–Crippen MR) is 57.1 cm³/mol. The molecule has 0 saturated heterocycles. The van der Waals surface area contributed by atoms with E-state index in [-0.39, 0.29) is 5.41 Å². The van der Waals surface area contributed by atoms with Gasteiger partial charge in [-0.15, -0.1) is 0 Å². The molecule has 1 aromatic carbocycles. The van der Waals surface area contributed by atoms with E-state index in [4.69, 9.17) is 16.9 Å². The monoisotopic (exact) mass is 205 g/mol. The van der Waals surface area contributed by atoms with Crippen molar-refractivity contribution in [1.82, 2.24) is 0 Å². The minimum atomic E-state index is 0.0135. The van der Waals surface area contributed by atoms with Crippen molar-refractivity contribution < 1.29 is 0 Å². The molecule has 0 bridgehead atoms. The predicted octanol–water partition coefficient (Wildman–Crippen LogP) is 3.58. The fourth-order valence-electron chi connectivity index (χ4n) is 1.60. The zero-order valence-corrected chi connectivity index (χ0v) is 8.72. The Balaban J connectivity index is 1.93. The molecule has 0 N–H and O–H groups in total. The first-order valence-corrected chi connectivity index (χ1v) is 5.28. The van der Waals surface area contributed by atoms with Gasteiger partial charge >= 0.3 is 0 Å². The standard InChI is InChI=1S/C12H12ClN/c13-11-3-1-10(2-4-11)5-6-12(9-14)7-8-12/h1-4H,5-8H2. The molecule has 1 aliphatic carbocycles. The average Bonchev–Trinajstić information content (AvgIpc) is 2.98. The fourth-order valence-corrected chi connectivity index (χ4v) is 1.73. The highest BCUT2D eigenvalue weighted by molar-refractivity contribution is 6.30. The number of rotatable bonds is 3. The summed E-state index contributed by atoms with van der Waals surface area (Å²) < 4.78 is 0. The van der Waals surface area contributed by atoms with E-state index in [0.29, 0.717) is 0 Å². The van der Waals surface area contributed by atoms with Crippen LogP contribution in [0.25, 0.3) is 0 Å². The minimum absolute atomic E-state index is 0.0135. The van der Waals surface area contributed by atoms with Crippen LogP contribution in [0.1, 0.15) is 24.8 Å². The zero-order chi connectivity index (χ0) is 10.0. The topological polar surface area (TPSA) is 23.8 Å². The Morgan fingerprint density at radius 3 is 2.43 bits per heavy atom. The second-order valence-electron chi connectivity index (χ2n) is 4.02. The minimum Gasteiger partial charge on any atom is -0.198 e. The van der Waals surface area contributed by atoms with Crippen LogP contribution in [0.3, 0.4) is 0 Å². The molecule has 0 aliphatic heterocycles. The molecular weight excluding hydrogens is 194 g/mol. The molecule has 0 heterocycles. The van der Waals surface area contributed by atoms with Crippen LogP contribution in [0.5, 0.6) is 0 Å². The van der Waals surface area contributed by atoms with Gasteiger partial charge in [-0.2, -0.15) is 5.26 Å². The van der Waals surface area contributed by atoms with Crippen molar-refractivity contribution in [2.45, 2.75) is 25.7 Å². The maximum absolute atomic E-state index is 8.91. The van der Waals surface area contributed by atoms with Gasteiger partial charge in [0, 0.05) is 5.02 Å². The smallest absolute Gasteiger partial charge is 0.0689 e. The Bertz CT molecular complexity index is 357. The van der Waals surface area contributed by atoms with Crippen molar-refractivity contribution in [1.29, 1.82) is 5.26 Å². The van der Waals surface area contributed by atoms with E-state index in [2.05, 4.69) is 6.07 Å². The van der Waals surface area contributed by atoms with Crippen molar-refractivity contribution in [3.63, 3.8) is 0 Å². The molecule has 1 saturated carbocycles. The number of nitriles is 1. The summed E-state index contributed by atoms with van der Waals surface area (Å²) in [7, 11) is 0. The summed E-state index contributed by atoms with van der Waals surface area (Å²) in [5.41, 5.74) is 1.29. The highest BCUT2D eigenvalue weighted by Crippen LogP contribution is 2.48. The third-order valence-corrected chi connectivity index (χ3v) is 3.15. The highest BCUT2D eigenvalue weighted by Gasteiger charge is 2.42. The van der Waals surface area contributed by atoms with Crippen LogP contribution in [0, 0.1) is 16.7 Å². The van der Waals surface area contributed by atoms with E-state index in [1.807, 2.05) is 24.3 Å². The molecule has 1 aliphatic rings. The molecule has 72 valence electrons. The van der Waals surface area contributed by atoms with Gasteiger partial charge in [0.25, 0.3) is 0 Å². The Labute approximate surface area is 89.3 Å². The first-order chi connectivity index (χ1) is 6.74. The lowest BCUT2D eigenvalue weighted by Crippen LogP contribution is -1.98. The number of hydrogen-bond acceptors (Lipinski definition) is 1. The lowest BCUT2D eigenvalue weighted by atomic mass is 9.98. The summed E-state index contributed by atoms with van der Waals surface area (Å²) >= 11 is 5.79. The molecule has 0 unspecified atom stereocenters. The normalized spacial score (nSPS) is 17.4. The van der Waals surface area contributed by atoms with E-state index in [9.17, 15) is 0 Å². The van der Waals surface area contributed by atoms with Gasteiger partial charge in [-0.25, -0.2) is 0 Å². The van der Waals surface area contributed by atoms with Crippen molar-refractivity contribution in [2.24, 2.45) is 5.41 Å². The van der Waals surface area contributed by atoms with Gasteiger partial charge in [-0.3, -0.25) is 0 Å².